The van der Waals surface area contributed by atoms with Crippen LogP contribution in [0.5, 0.6) is 0 Å². The van der Waals surface area contributed by atoms with Gasteiger partial charge in [-0.1, -0.05) is 37.0 Å². The van der Waals surface area contributed by atoms with Crippen molar-refractivity contribution in [3.05, 3.63) is 33.3 Å². The highest BCUT2D eigenvalue weighted by Gasteiger charge is 2.38. The molecule has 0 saturated heterocycles. The first-order valence-electron chi connectivity index (χ1n) is 4.56. The summed E-state index contributed by atoms with van der Waals surface area (Å²) in [7, 11) is 0. The van der Waals surface area contributed by atoms with E-state index in [1.165, 1.54) is 0 Å². The molecule has 0 heterocycles. The molecule has 1 aliphatic rings. The van der Waals surface area contributed by atoms with Crippen LogP contribution < -0.4 is 0 Å². The van der Waals surface area contributed by atoms with Gasteiger partial charge in [-0.25, -0.2) is 0 Å². The van der Waals surface area contributed by atoms with Gasteiger partial charge in [0.25, 0.3) is 0 Å². The molecule has 0 radical (unpaired) electrons. The van der Waals surface area contributed by atoms with Gasteiger partial charge in [0.15, 0.2) is 0 Å². The van der Waals surface area contributed by atoms with Crippen LogP contribution in [0.4, 0.5) is 0 Å². The molecule has 0 nitrogen and oxygen atoms in total. The Balaban J connectivity index is 2.73. The average Bonchev–Trinajstić information content (AvgIpc) is 2.30. The van der Waals surface area contributed by atoms with E-state index in [2.05, 4.69) is 13.8 Å². The third-order valence-electron chi connectivity index (χ3n) is 2.82. The second-order valence-corrected chi connectivity index (χ2v) is 5.71. The van der Waals surface area contributed by atoms with E-state index in [1.54, 1.807) is 0 Å². The molecule has 76 valence electrons. The van der Waals surface area contributed by atoms with E-state index in [0.29, 0.717) is 0 Å². The van der Waals surface area contributed by atoms with Gasteiger partial charge in [-0.05, 0) is 35.1 Å². The van der Waals surface area contributed by atoms with Crippen molar-refractivity contribution in [3.63, 3.8) is 0 Å². The van der Waals surface area contributed by atoms with Gasteiger partial charge in [0.2, 0.25) is 0 Å². The first kappa shape index (κ1) is 10.6. The molecule has 0 aliphatic heterocycles. The summed E-state index contributed by atoms with van der Waals surface area (Å²) in [4.78, 5) is 0. The maximum absolute atomic E-state index is 6.26. The van der Waals surface area contributed by atoms with Crippen LogP contribution in [-0.4, -0.2) is 0 Å². The average molecular weight is 250 g/mol. The highest BCUT2D eigenvalue weighted by atomic mass is 35.5. The van der Waals surface area contributed by atoms with E-state index >= 15 is 0 Å². The van der Waals surface area contributed by atoms with Crippen molar-refractivity contribution in [2.24, 2.45) is 0 Å². The molecule has 0 bridgehead atoms. The van der Waals surface area contributed by atoms with Crippen molar-refractivity contribution >= 4 is 34.8 Å². The number of halogens is 3. The summed E-state index contributed by atoms with van der Waals surface area (Å²) in [6, 6.07) is 3.67. The molecule has 0 amide bonds. The minimum atomic E-state index is -0.00815. The van der Waals surface area contributed by atoms with Crippen LogP contribution in [0.25, 0.3) is 0 Å². The smallest absolute Gasteiger partial charge is 0.0611 e. The number of hydrogen-bond donors (Lipinski definition) is 0. The third-order valence-corrected chi connectivity index (χ3v) is 3.84. The Morgan fingerprint density at radius 2 is 1.79 bits per heavy atom. The zero-order chi connectivity index (χ0) is 10.5. The predicted octanol–water partition coefficient (Wildman–Crippen LogP) is 4.95. The minimum absolute atomic E-state index is 0.00815. The van der Waals surface area contributed by atoms with E-state index in [1.807, 2.05) is 12.1 Å². The first-order chi connectivity index (χ1) is 6.43. The second-order valence-electron chi connectivity index (χ2n) is 4.37. The number of hydrogen-bond acceptors (Lipinski definition) is 0. The van der Waals surface area contributed by atoms with E-state index in [-0.39, 0.29) is 10.8 Å². The Morgan fingerprint density at radius 1 is 1.21 bits per heavy atom. The Kier molecular flexibility index (Phi) is 2.50. The van der Waals surface area contributed by atoms with Gasteiger partial charge in [-0.3, -0.25) is 0 Å². The molecule has 1 atom stereocenters. The lowest BCUT2D eigenvalue weighted by Gasteiger charge is -2.20. The highest BCUT2D eigenvalue weighted by molar-refractivity contribution is 6.35. The monoisotopic (exact) mass is 248 g/mol. The number of rotatable bonds is 0. The molecule has 1 aliphatic carbocycles. The molecule has 0 N–H and O–H groups in total. The summed E-state index contributed by atoms with van der Waals surface area (Å²) in [6.07, 6.45) is 0.896. The Bertz CT molecular complexity index is 382. The maximum atomic E-state index is 6.26. The fourth-order valence-corrected chi connectivity index (χ4v) is 3.59. The first-order valence-corrected chi connectivity index (χ1v) is 5.75. The molecule has 0 spiro atoms. The van der Waals surface area contributed by atoms with Crippen LogP contribution in [0.15, 0.2) is 12.1 Å². The Morgan fingerprint density at radius 3 is 2.36 bits per heavy atom. The lowest BCUT2D eigenvalue weighted by molar-refractivity contribution is 0.517. The fourth-order valence-electron chi connectivity index (χ4n) is 2.21. The molecule has 3 heteroatoms. The molecule has 0 fully saturated rings. The van der Waals surface area contributed by atoms with Gasteiger partial charge in [-0.2, -0.15) is 0 Å². The van der Waals surface area contributed by atoms with Gasteiger partial charge in [-0.15, -0.1) is 11.6 Å². The topological polar surface area (TPSA) is 0 Å². The van der Waals surface area contributed by atoms with Crippen molar-refractivity contribution < 1.29 is 0 Å². The SMILES string of the molecule is CC1(C)CC(Cl)c2c(Cl)ccc(Cl)c21. The van der Waals surface area contributed by atoms with Crippen LogP contribution in [0, 0.1) is 0 Å². The maximum Gasteiger partial charge on any atom is 0.0611 e. The normalized spacial score (nSPS) is 23.6. The van der Waals surface area contributed by atoms with Crippen molar-refractivity contribution in [1.29, 1.82) is 0 Å². The van der Waals surface area contributed by atoms with Crippen LogP contribution in [-0.2, 0) is 5.41 Å². The fraction of sp³-hybridized carbons (Fsp3) is 0.455. The summed E-state index contributed by atoms with van der Waals surface area (Å²) in [5.41, 5.74) is 2.17. The molecular weight excluding hydrogens is 238 g/mol. The molecule has 2 rings (SSSR count). The van der Waals surface area contributed by atoms with E-state index < -0.39 is 0 Å². The van der Waals surface area contributed by atoms with Crippen molar-refractivity contribution in [2.45, 2.75) is 31.1 Å². The van der Waals surface area contributed by atoms with E-state index in [4.69, 9.17) is 34.8 Å². The molecule has 0 saturated carbocycles. The zero-order valence-corrected chi connectivity index (χ0v) is 10.3. The molecule has 1 aromatic carbocycles. The van der Waals surface area contributed by atoms with Gasteiger partial charge in [0, 0.05) is 10.0 Å². The lowest BCUT2D eigenvalue weighted by atomic mass is 9.86. The Labute approximate surface area is 99.2 Å². The summed E-state index contributed by atoms with van der Waals surface area (Å²) < 4.78 is 0. The van der Waals surface area contributed by atoms with Crippen LogP contribution >= 0.6 is 34.8 Å². The summed E-state index contributed by atoms with van der Waals surface area (Å²) in [6.45, 7) is 4.30. The highest BCUT2D eigenvalue weighted by Crippen LogP contribution is 2.52. The third kappa shape index (κ3) is 1.44. The van der Waals surface area contributed by atoms with Crippen LogP contribution in [0.3, 0.4) is 0 Å². The molecule has 0 aromatic heterocycles. The van der Waals surface area contributed by atoms with E-state index in [9.17, 15) is 0 Å². The largest absolute Gasteiger partial charge is 0.118 e. The summed E-state index contributed by atoms with van der Waals surface area (Å²) in [5, 5.41) is 1.50. The van der Waals surface area contributed by atoms with Gasteiger partial charge < -0.3 is 0 Å². The Hall–Kier alpha value is 0.0900. The quantitative estimate of drug-likeness (QED) is 0.571. The molecule has 1 unspecified atom stereocenters. The molecule has 1 aromatic rings. The van der Waals surface area contributed by atoms with Gasteiger partial charge >= 0.3 is 0 Å². The zero-order valence-electron chi connectivity index (χ0n) is 8.07. The minimum Gasteiger partial charge on any atom is -0.118 e. The standard InChI is InChI=1S/C11H11Cl3/c1-11(2)5-8(14)9-6(12)3-4-7(13)10(9)11/h3-4,8H,5H2,1-2H3. The summed E-state index contributed by atoms with van der Waals surface area (Å²) >= 11 is 18.6. The van der Waals surface area contributed by atoms with Gasteiger partial charge in [0.05, 0.1) is 5.38 Å². The number of alkyl halides is 1. The van der Waals surface area contributed by atoms with Crippen molar-refractivity contribution in [2.75, 3.05) is 0 Å². The molecule has 14 heavy (non-hydrogen) atoms. The molecular formula is C11H11Cl3. The number of fused-ring (bicyclic) bond motifs is 1. The number of benzene rings is 1. The van der Waals surface area contributed by atoms with Crippen molar-refractivity contribution in [1.82, 2.24) is 0 Å². The lowest BCUT2D eigenvalue weighted by Crippen LogP contribution is -2.12. The van der Waals surface area contributed by atoms with Crippen LogP contribution in [0.1, 0.15) is 36.8 Å². The van der Waals surface area contributed by atoms with E-state index in [0.717, 1.165) is 27.6 Å². The second kappa shape index (κ2) is 3.30. The van der Waals surface area contributed by atoms with Crippen LogP contribution in [0.2, 0.25) is 10.0 Å². The van der Waals surface area contributed by atoms with Gasteiger partial charge in [0.1, 0.15) is 0 Å². The summed E-state index contributed by atoms with van der Waals surface area (Å²) in [5.74, 6) is 0. The predicted molar refractivity (Wildman–Crippen MR) is 62.7 cm³/mol. The van der Waals surface area contributed by atoms with Crippen molar-refractivity contribution in [3.8, 4) is 0 Å².